The first-order valence-electron chi connectivity index (χ1n) is 5.72. The fraction of sp³-hybridized carbons (Fsp3) is 0.462. The molecule has 0 fully saturated rings. The Hall–Kier alpha value is -1.61. The Labute approximate surface area is 107 Å². The van der Waals surface area contributed by atoms with Gasteiger partial charge in [0.25, 0.3) is 0 Å². The molecular weight excluding hydrogens is 232 g/mol. The number of rotatable bonds is 8. The van der Waals surface area contributed by atoms with Gasteiger partial charge in [0.1, 0.15) is 11.8 Å². The molecule has 0 saturated heterocycles. The van der Waals surface area contributed by atoms with Gasteiger partial charge >= 0.3 is 0 Å². The Morgan fingerprint density at radius 1 is 1.44 bits per heavy atom. The van der Waals surface area contributed by atoms with Gasteiger partial charge in [-0.1, -0.05) is 18.2 Å². The quantitative estimate of drug-likeness (QED) is 0.710. The maximum Gasteiger partial charge on any atom is 0.174 e. The van der Waals surface area contributed by atoms with E-state index in [-0.39, 0.29) is 19.3 Å². The van der Waals surface area contributed by atoms with Gasteiger partial charge in [-0.3, -0.25) is 0 Å². The van der Waals surface area contributed by atoms with E-state index in [1.807, 2.05) is 30.3 Å². The van der Waals surface area contributed by atoms with E-state index < -0.39 is 0 Å². The summed E-state index contributed by atoms with van der Waals surface area (Å²) in [6, 6.07) is 9.32. The van der Waals surface area contributed by atoms with Crippen LogP contribution in [-0.2, 0) is 11.3 Å². The summed E-state index contributed by atoms with van der Waals surface area (Å²) in [7, 11) is 1.59. The number of para-hydroxylation sites is 1. The first-order chi connectivity index (χ1) is 8.81. The summed E-state index contributed by atoms with van der Waals surface area (Å²) in [5.74, 6) is 0.681. The largest absolute Gasteiger partial charge is 0.478 e. The molecule has 18 heavy (non-hydrogen) atoms. The Morgan fingerprint density at radius 3 is 2.89 bits per heavy atom. The minimum atomic E-state index is -0.112. The van der Waals surface area contributed by atoms with E-state index in [0.29, 0.717) is 18.9 Å². The van der Waals surface area contributed by atoms with Crippen LogP contribution < -0.4 is 10.1 Å². The highest BCUT2D eigenvalue weighted by Crippen LogP contribution is 2.17. The van der Waals surface area contributed by atoms with Crippen molar-refractivity contribution in [1.29, 1.82) is 5.26 Å². The van der Waals surface area contributed by atoms with Crippen molar-refractivity contribution in [3.63, 3.8) is 0 Å². The predicted molar refractivity (Wildman–Crippen MR) is 67.1 cm³/mol. The Kier molecular flexibility index (Phi) is 6.81. The molecule has 0 heterocycles. The van der Waals surface area contributed by atoms with E-state index in [1.165, 1.54) is 0 Å². The minimum absolute atomic E-state index is 0.00899. The average Bonchev–Trinajstić information content (AvgIpc) is 2.42. The number of ether oxygens (including phenoxy) is 2. The Morgan fingerprint density at radius 2 is 2.22 bits per heavy atom. The minimum Gasteiger partial charge on any atom is -0.478 e. The van der Waals surface area contributed by atoms with Crippen LogP contribution in [0.15, 0.2) is 24.3 Å². The van der Waals surface area contributed by atoms with Crippen LogP contribution in [-0.4, -0.2) is 38.1 Å². The monoisotopic (exact) mass is 250 g/mol. The highest BCUT2D eigenvalue weighted by Gasteiger charge is 2.08. The van der Waals surface area contributed by atoms with Crippen LogP contribution in [0.2, 0.25) is 0 Å². The number of nitrogens with one attached hydrogen (secondary N) is 1. The molecule has 0 bridgehead atoms. The van der Waals surface area contributed by atoms with Crippen LogP contribution in [0.1, 0.15) is 5.56 Å². The molecule has 0 aliphatic carbocycles. The molecule has 1 unspecified atom stereocenters. The molecular formula is C13H18N2O3. The normalized spacial score (nSPS) is 11.8. The molecule has 1 atom stereocenters. The van der Waals surface area contributed by atoms with Crippen LogP contribution >= 0.6 is 0 Å². The lowest BCUT2D eigenvalue weighted by molar-refractivity contribution is 0.128. The Balaban J connectivity index is 2.57. The highest BCUT2D eigenvalue weighted by atomic mass is 16.5. The topological polar surface area (TPSA) is 74.5 Å². The SMILES string of the molecule is COCC(CO)NCc1ccccc1OCC#N. The van der Waals surface area contributed by atoms with E-state index in [2.05, 4.69) is 5.32 Å². The second-order valence-electron chi connectivity index (χ2n) is 3.77. The van der Waals surface area contributed by atoms with Crippen LogP contribution in [0.3, 0.4) is 0 Å². The van der Waals surface area contributed by atoms with Crippen LogP contribution in [0.25, 0.3) is 0 Å². The number of hydrogen-bond donors (Lipinski definition) is 2. The molecule has 0 radical (unpaired) electrons. The van der Waals surface area contributed by atoms with Gasteiger partial charge in [-0.05, 0) is 6.07 Å². The number of aliphatic hydroxyl groups is 1. The first-order valence-corrected chi connectivity index (χ1v) is 5.72. The van der Waals surface area contributed by atoms with E-state index in [1.54, 1.807) is 7.11 Å². The van der Waals surface area contributed by atoms with Crippen molar-refractivity contribution in [3.8, 4) is 11.8 Å². The summed E-state index contributed by atoms with van der Waals surface area (Å²) in [5.41, 5.74) is 0.947. The van der Waals surface area contributed by atoms with Gasteiger partial charge in [-0.2, -0.15) is 5.26 Å². The predicted octanol–water partition coefficient (Wildman–Crippen LogP) is 0.686. The standard InChI is InChI=1S/C13H18N2O3/c1-17-10-12(9-16)15-8-11-4-2-3-5-13(11)18-7-6-14/h2-5,12,15-16H,7-10H2,1H3. The van der Waals surface area contributed by atoms with Gasteiger partial charge in [0.2, 0.25) is 0 Å². The van der Waals surface area contributed by atoms with Gasteiger partial charge in [0, 0.05) is 19.2 Å². The molecule has 98 valence electrons. The van der Waals surface area contributed by atoms with Gasteiger partial charge < -0.3 is 19.9 Å². The zero-order valence-electron chi connectivity index (χ0n) is 10.4. The molecule has 0 spiro atoms. The van der Waals surface area contributed by atoms with Crippen LogP contribution in [0, 0.1) is 11.3 Å². The number of methoxy groups -OCH3 is 1. The number of nitriles is 1. The Bertz CT molecular complexity index is 390. The molecule has 0 aliphatic heterocycles. The number of hydrogen-bond acceptors (Lipinski definition) is 5. The average molecular weight is 250 g/mol. The van der Waals surface area contributed by atoms with Crippen LogP contribution in [0.5, 0.6) is 5.75 Å². The number of aliphatic hydroxyl groups excluding tert-OH is 1. The zero-order valence-corrected chi connectivity index (χ0v) is 10.4. The lowest BCUT2D eigenvalue weighted by Crippen LogP contribution is -2.36. The molecule has 0 saturated carbocycles. The molecule has 0 aliphatic rings. The summed E-state index contributed by atoms with van der Waals surface area (Å²) in [6.07, 6.45) is 0. The van der Waals surface area contributed by atoms with Gasteiger partial charge in [0.15, 0.2) is 6.61 Å². The van der Waals surface area contributed by atoms with E-state index in [4.69, 9.17) is 19.8 Å². The summed E-state index contributed by atoms with van der Waals surface area (Å²) >= 11 is 0. The molecule has 1 aromatic rings. The zero-order chi connectivity index (χ0) is 13.2. The highest BCUT2D eigenvalue weighted by molar-refractivity contribution is 5.33. The van der Waals surface area contributed by atoms with Crippen molar-refractivity contribution < 1.29 is 14.6 Å². The molecule has 5 heteroatoms. The fourth-order valence-corrected chi connectivity index (χ4v) is 1.53. The molecule has 5 nitrogen and oxygen atoms in total. The van der Waals surface area contributed by atoms with Crippen molar-refractivity contribution in [2.45, 2.75) is 12.6 Å². The van der Waals surface area contributed by atoms with Crippen molar-refractivity contribution in [2.75, 3.05) is 26.9 Å². The number of benzene rings is 1. The number of nitrogens with zero attached hydrogens (tertiary/aromatic N) is 1. The van der Waals surface area contributed by atoms with E-state index >= 15 is 0 Å². The van der Waals surface area contributed by atoms with Crippen molar-refractivity contribution >= 4 is 0 Å². The third-order valence-corrected chi connectivity index (χ3v) is 2.43. The van der Waals surface area contributed by atoms with Crippen LogP contribution in [0.4, 0.5) is 0 Å². The second kappa shape index (κ2) is 8.48. The maximum absolute atomic E-state index is 9.13. The molecule has 0 amide bonds. The van der Waals surface area contributed by atoms with E-state index in [9.17, 15) is 0 Å². The third kappa shape index (κ3) is 4.72. The van der Waals surface area contributed by atoms with Gasteiger partial charge in [-0.25, -0.2) is 0 Å². The molecule has 2 N–H and O–H groups in total. The molecule has 0 aromatic heterocycles. The van der Waals surface area contributed by atoms with Crippen molar-refractivity contribution in [3.05, 3.63) is 29.8 Å². The van der Waals surface area contributed by atoms with Crippen molar-refractivity contribution in [2.24, 2.45) is 0 Å². The summed E-state index contributed by atoms with van der Waals surface area (Å²) in [4.78, 5) is 0. The molecule has 1 aromatic carbocycles. The maximum atomic E-state index is 9.13. The van der Waals surface area contributed by atoms with Crippen molar-refractivity contribution in [1.82, 2.24) is 5.32 Å². The summed E-state index contributed by atoms with van der Waals surface area (Å²) < 4.78 is 10.3. The van der Waals surface area contributed by atoms with E-state index in [0.717, 1.165) is 5.56 Å². The smallest absolute Gasteiger partial charge is 0.174 e. The third-order valence-electron chi connectivity index (χ3n) is 2.43. The summed E-state index contributed by atoms with van der Waals surface area (Å²) in [6.45, 7) is 1.03. The first kappa shape index (κ1) is 14.5. The summed E-state index contributed by atoms with van der Waals surface area (Å²) in [5, 5.41) is 20.8. The molecule has 1 rings (SSSR count). The second-order valence-corrected chi connectivity index (χ2v) is 3.77. The fourth-order valence-electron chi connectivity index (χ4n) is 1.53. The lowest BCUT2D eigenvalue weighted by Gasteiger charge is -2.16. The lowest BCUT2D eigenvalue weighted by atomic mass is 10.2. The van der Waals surface area contributed by atoms with Gasteiger partial charge in [0.05, 0.1) is 19.3 Å². The van der Waals surface area contributed by atoms with Gasteiger partial charge in [-0.15, -0.1) is 0 Å².